The first kappa shape index (κ1) is 13.5. The summed E-state index contributed by atoms with van der Waals surface area (Å²) in [6.07, 6.45) is 1.76. The quantitative estimate of drug-likeness (QED) is 0.770. The van der Waals surface area contributed by atoms with E-state index in [0.29, 0.717) is 12.1 Å². The number of aryl methyl sites for hydroxylation is 1. The van der Waals surface area contributed by atoms with Crippen LogP contribution in [0.3, 0.4) is 0 Å². The number of hydrogen-bond donors (Lipinski definition) is 2. The van der Waals surface area contributed by atoms with E-state index in [-0.39, 0.29) is 5.82 Å². The second-order valence-electron chi connectivity index (χ2n) is 4.97. The van der Waals surface area contributed by atoms with E-state index < -0.39 is 0 Å². The van der Waals surface area contributed by atoms with Crippen LogP contribution in [-0.4, -0.2) is 9.97 Å². The van der Waals surface area contributed by atoms with Gasteiger partial charge >= 0.3 is 0 Å². The Labute approximate surface area is 122 Å². The first-order valence-electron chi connectivity index (χ1n) is 6.79. The van der Waals surface area contributed by atoms with Crippen molar-refractivity contribution in [2.45, 2.75) is 13.5 Å². The summed E-state index contributed by atoms with van der Waals surface area (Å²) in [7, 11) is 0. The van der Waals surface area contributed by atoms with Crippen molar-refractivity contribution in [1.82, 2.24) is 9.97 Å². The molecular formula is C17H16FN3. The van der Waals surface area contributed by atoms with Crippen molar-refractivity contribution in [3.8, 4) is 22.6 Å². The summed E-state index contributed by atoms with van der Waals surface area (Å²) in [4.78, 5) is 7.70. The molecule has 106 valence electrons. The maximum atomic E-state index is 13.3. The normalized spacial score (nSPS) is 10.8. The third-order valence-electron chi connectivity index (χ3n) is 3.54. The number of benzene rings is 2. The topological polar surface area (TPSA) is 54.7 Å². The zero-order valence-corrected chi connectivity index (χ0v) is 11.7. The number of imidazole rings is 1. The average Bonchev–Trinajstić information content (AvgIpc) is 2.99. The first-order chi connectivity index (χ1) is 10.2. The molecule has 0 atom stereocenters. The van der Waals surface area contributed by atoms with Gasteiger partial charge in [-0.1, -0.05) is 24.3 Å². The summed E-state index contributed by atoms with van der Waals surface area (Å²) in [5.74, 6) is 0.569. The van der Waals surface area contributed by atoms with Gasteiger partial charge in [-0.3, -0.25) is 0 Å². The molecule has 4 heteroatoms. The summed E-state index contributed by atoms with van der Waals surface area (Å²) in [6, 6.07) is 12.9. The molecule has 0 aliphatic heterocycles. The van der Waals surface area contributed by atoms with Gasteiger partial charge in [0.05, 0.1) is 11.9 Å². The SMILES string of the molecule is Cc1cc(-c2cnc(-c3ccccc3CN)[nH]2)ccc1F. The number of H-pyrrole nitrogens is 1. The lowest BCUT2D eigenvalue weighted by Crippen LogP contribution is -1.99. The van der Waals surface area contributed by atoms with Gasteiger partial charge in [-0.2, -0.15) is 0 Å². The molecule has 0 bridgehead atoms. The molecule has 1 aromatic heterocycles. The van der Waals surface area contributed by atoms with E-state index in [2.05, 4.69) is 9.97 Å². The smallest absolute Gasteiger partial charge is 0.138 e. The van der Waals surface area contributed by atoms with Crippen molar-refractivity contribution in [1.29, 1.82) is 0 Å². The molecule has 0 saturated heterocycles. The highest BCUT2D eigenvalue weighted by molar-refractivity contribution is 5.66. The third kappa shape index (κ3) is 2.58. The monoisotopic (exact) mass is 281 g/mol. The Morgan fingerprint density at radius 2 is 2.00 bits per heavy atom. The van der Waals surface area contributed by atoms with Crippen LogP contribution in [0.15, 0.2) is 48.7 Å². The van der Waals surface area contributed by atoms with Gasteiger partial charge < -0.3 is 10.7 Å². The highest BCUT2D eigenvalue weighted by atomic mass is 19.1. The van der Waals surface area contributed by atoms with Gasteiger partial charge in [0.25, 0.3) is 0 Å². The van der Waals surface area contributed by atoms with E-state index in [9.17, 15) is 4.39 Å². The zero-order valence-electron chi connectivity index (χ0n) is 11.7. The van der Waals surface area contributed by atoms with Crippen LogP contribution >= 0.6 is 0 Å². The van der Waals surface area contributed by atoms with E-state index in [0.717, 1.165) is 28.2 Å². The van der Waals surface area contributed by atoms with Crippen molar-refractivity contribution in [2.75, 3.05) is 0 Å². The van der Waals surface area contributed by atoms with E-state index >= 15 is 0 Å². The Morgan fingerprint density at radius 3 is 2.76 bits per heavy atom. The van der Waals surface area contributed by atoms with Gasteiger partial charge in [0, 0.05) is 17.7 Å². The number of nitrogens with two attached hydrogens (primary N) is 1. The molecule has 0 spiro atoms. The second kappa shape index (κ2) is 5.50. The standard InChI is InChI=1S/C17H16FN3/c1-11-8-12(6-7-15(11)18)16-10-20-17(21-16)14-5-3-2-4-13(14)9-19/h2-8,10H,9,19H2,1H3,(H,20,21). The molecule has 0 unspecified atom stereocenters. The maximum Gasteiger partial charge on any atom is 0.138 e. The van der Waals surface area contributed by atoms with Gasteiger partial charge in [0.2, 0.25) is 0 Å². The lowest BCUT2D eigenvalue weighted by atomic mass is 10.1. The van der Waals surface area contributed by atoms with E-state index in [1.807, 2.05) is 30.3 Å². The molecule has 0 radical (unpaired) electrons. The molecule has 3 aromatic rings. The van der Waals surface area contributed by atoms with E-state index in [1.165, 1.54) is 6.07 Å². The highest BCUT2D eigenvalue weighted by Gasteiger charge is 2.09. The number of rotatable bonds is 3. The number of halogens is 1. The van der Waals surface area contributed by atoms with Crippen molar-refractivity contribution < 1.29 is 4.39 Å². The van der Waals surface area contributed by atoms with Crippen LogP contribution in [0.4, 0.5) is 4.39 Å². The lowest BCUT2D eigenvalue weighted by molar-refractivity contribution is 0.619. The molecule has 0 amide bonds. The number of nitrogens with zero attached hydrogens (tertiary/aromatic N) is 1. The van der Waals surface area contributed by atoms with Crippen molar-refractivity contribution in [3.05, 3.63) is 65.6 Å². The van der Waals surface area contributed by atoms with Crippen molar-refractivity contribution in [3.63, 3.8) is 0 Å². The van der Waals surface area contributed by atoms with Gasteiger partial charge in [-0.15, -0.1) is 0 Å². The third-order valence-corrected chi connectivity index (χ3v) is 3.54. The summed E-state index contributed by atoms with van der Waals surface area (Å²) in [5.41, 5.74) is 10.2. The average molecular weight is 281 g/mol. The summed E-state index contributed by atoms with van der Waals surface area (Å²) < 4.78 is 13.3. The van der Waals surface area contributed by atoms with Crippen LogP contribution in [-0.2, 0) is 6.54 Å². The van der Waals surface area contributed by atoms with Crippen molar-refractivity contribution in [2.24, 2.45) is 5.73 Å². The predicted molar refractivity (Wildman–Crippen MR) is 82.0 cm³/mol. The molecule has 21 heavy (non-hydrogen) atoms. The Morgan fingerprint density at radius 1 is 1.19 bits per heavy atom. The van der Waals surface area contributed by atoms with Gasteiger partial charge in [-0.25, -0.2) is 9.37 Å². The fraction of sp³-hybridized carbons (Fsp3) is 0.118. The zero-order chi connectivity index (χ0) is 14.8. The number of aromatic amines is 1. The van der Waals surface area contributed by atoms with Crippen LogP contribution in [0.5, 0.6) is 0 Å². The van der Waals surface area contributed by atoms with E-state index in [4.69, 9.17) is 5.73 Å². The van der Waals surface area contributed by atoms with Gasteiger partial charge in [0.1, 0.15) is 11.6 Å². The highest BCUT2D eigenvalue weighted by Crippen LogP contribution is 2.25. The van der Waals surface area contributed by atoms with Crippen LogP contribution in [0.2, 0.25) is 0 Å². The minimum atomic E-state index is -0.202. The minimum Gasteiger partial charge on any atom is -0.338 e. The number of aromatic nitrogens is 2. The molecule has 0 aliphatic carbocycles. The molecule has 0 aliphatic rings. The number of hydrogen-bond acceptors (Lipinski definition) is 2. The van der Waals surface area contributed by atoms with Crippen LogP contribution < -0.4 is 5.73 Å². The molecule has 0 saturated carbocycles. The van der Waals surface area contributed by atoms with E-state index in [1.54, 1.807) is 19.2 Å². The van der Waals surface area contributed by atoms with Crippen molar-refractivity contribution >= 4 is 0 Å². The summed E-state index contributed by atoms with van der Waals surface area (Å²) in [6.45, 7) is 2.21. The Hall–Kier alpha value is -2.46. The lowest BCUT2D eigenvalue weighted by Gasteiger charge is -2.04. The van der Waals surface area contributed by atoms with Crippen LogP contribution in [0.1, 0.15) is 11.1 Å². The fourth-order valence-corrected chi connectivity index (χ4v) is 2.35. The van der Waals surface area contributed by atoms with Crippen LogP contribution in [0.25, 0.3) is 22.6 Å². The first-order valence-corrected chi connectivity index (χ1v) is 6.79. The Kier molecular flexibility index (Phi) is 3.54. The second-order valence-corrected chi connectivity index (χ2v) is 4.97. The van der Waals surface area contributed by atoms with Gasteiger partial charge in [0.15, 0.2) is 0 Å². The van der Waals surface area contributed by atoms with Gasteiger partial charge in [-0.05, 0) is 36.2 Å². The molecule has 3 rings (SSSR count). The predicted octanol–water partition coefficient (Wildman–Crippen LogP) is 3.65. The maximum absolute atomic E-state index is 13.3. The minimum absolute atomic E-state index is 0.202. The molecule has 3 N–H and O–H groups in total. The molecule has 1 heterocycles. The Balaban J connectivity index is 2.01. The summed E-state index contributed by atoms with van der Waals surface area (Å²) in [5, 5.41) is 0. The van der Waals surface area contributed by atoms with Crippen LogP contribution in [0, 0.1) is 12.7 Å². The number of nitrogens with one attached hydrogen (secondary N) is 1. The fourth-order valence-electron chi connectivity index (χ4n) is 2.35. The Bertz CT molecular complexity index is 777. The molecular weight excluding hydrogens is 265 g/mol. The molecule has 2 aromatic carbocycles. The molecule has 3 nitrogen and oxygen atoms in total. The largest absolute Gasteiger partial charge is 0.338 e. The molecule has 0 fully saturated rings. The summed E-state index contributed by atoms with van der Waals surface area (Å²) >= 11 is 0.